The van der Waals surface area contributed by atoms with Crippen LogP contribution in [0.1, 0.15) is 25.7 Å². The average molecular weight is 353 g/mol. The third kappa shape index (κ3) is 4.08. The van der Waals surface area contributed by atoms with Gasteiger partial charge in [0.25, 0.3) is 0 Å². The van der Waals surface area contributed by atoms with E-state index in [1.165, 1.54) is 4.31 Å². The van der Waals surface area contributed by atoms with Crippen molar-refractivity contribution in [3.63, 3.8) is 0 Å². The molecule has 0 aliphatic carbocycles. The predicted octanol–water partition coefficient (Wildman–Crippen LogP) is 1.34. The molecule has 0 aromatic heterocycles. The van der Waals surface area contributed by atoms with E-state index in [9.17, 15) is 13.5 Å². The van der Waals surface area contributed by atoms with Crippen molar-refractivity contribution < 1.29 is 13.5 Å². The number of anilines is 1. The summed E-state index contributed by atoms with van der Waals surface area (Å²) in [4.78, 5) is 2.64. The van der Waals surface area contributed by atoms with Crippen molar-refractivity contribution in [2.24, 2.45) is 0 Å². The molecule has 0 spiro atoms. The van der Waals surface area contributed by atoms with Gasteiger partial charge in [-0.2, -0.15) is 4.31 Å². The van der Waals surface area contributed by atoms with Gasteiger partial charge in [0.05, 0.1) is 11.0 Å². The Hall–Kier alpha value is -1.15. The first kappa shape index (κ1) is 17.7. The molecule has 6 nitrogen and oxygen atoms in total. The van der Waals surface area contributed by atoms with Gasteiger partial charge < -0.3 is 15.3 Å². The molecule has 2 heterocycles. The summed E-state index contributed by atoms with van der Waals surface area (Å²) in [6, 6.07) is 7.50. The number of nitrogens with one attached hydrogen (secondary N) is 1. The molecule has 0 saturated carbocycles. The maximum atomic E-state index is 12.8. The first-order valence-corrected chi connectivity index (χ1v) is 10.1. The van der Waals surface area contributed by atoms with E-state index in [1.54, 1.807) is 18.2 Å². The van der Waals surface area contributed by atoms with Crippen LogP contribution in [0.5, 0.6) is 0 Å². The first-order chi connectivity index (χ1) is 11.4. The Morgan fingerprint density at radius 3 is 2.42 bits per heavy atom. The molecule has 2 saturated heterocycles. The lowest BCUT2D eigenvalue weighted by Gasteiger charge is -2.30. The lowest BCUT2D eigenvalue weighted by Crippen LogP contribution is -2.40. The molecule has 3 rings (SSSR count). The number of sulfonamides is 1. The Morgan fingerprint density at radius 2 is 1.75 bits per heavy atom. The van der Waals surface area contributed by atoms with Crippen molar-refractivity contribution in [3.05, 3.63) is 24.3 Å². The third-order valence-corrected chi connectivity index (χ3v) is 6.88. The summed E-state index contributed by atoms with van der Waals surface area (Å²) >= 11 is 0. The van der Waals surface area contributed by atoms with E-state index >= 15 is 0 Å². The molecule has 0 amide bonds. The number of likely N-dealkylation sites (tertiary alicyclic amines) is 1. The number of nitrogens with zero attached hydrogens (tertiary/aromatic N) is 2. The molecule has 2 aliphatic rings. The fraction of sp³-hybridized carbons (Fsp3) is 0.647. The van der Waals surface area contributed by atoms with Crippen molar-refractivity contribution in [2.75, 3.05) is 38.5 Å². The van der Waals surface area contributed by atoms with Crippen LogP contribution in [0.4, 0.5) is 5.69 Å². The Labute approximate surface area is 144 Å². The van der Waals surface area contributed by atoms with Crippen molar-refractivity contribution in [2.45, 2.75) is 42.7 Å². The van der Waals surface area contributed by atoms with Gasteiger partial charge in [0.1, 0.15) is 0 Å². The molecule has 0 unspecified atom stereocenters. The average Bonchev–Trinajstić information content (AvgIpc) is 2.58. The molecule has 7 heteroatoms. The highest BCUT2D eigenvalue weighted by Gasteiger charge is 2.29. The van der Waals surface area contributed by atoms with Crippen LogP contribution in [0, 0.1) is 0 Å². The minimum Gasteiger partial charge on any atom is -0.393 e. The maximum absolute atomic E-state index is 12.8. The molecule has 2 fully saturated rings. The SMILES string of the molecule is CN1CCC(Nc2cccc(S(=O)(=O)N3CCC(O)CC3)c2)CC1. The number of rotatable bonds is 4. The maximum Gasteiger partial charge on any atom is 0.243 e. The van der Waals surface area contributed by atoms with Crippen LogP contribution in [0.3, 0.4) is 0 Å². The molecule has 2 aliphatic heterocycles. The summed E-state index contributed by atoms with van der Waals surface area (Å²) < 4.78 is 27.1. The molecule has 0 radical (unpaired) electrons. The van der Waals surface area contributed by atoms with Gasteiger partial charge in [0.2, 0.25) is 10.0 Å². The van der Waals surface area contributed by atoms with E-state index < -0.39 is 10.0 Å². The highest BCUT2D eigenvalue weighted by Crippen LogP contribution is 2.24. The second-order valence-corrected chi connectivity index (χ2v) is 8.82. The number of aliphatic hydroxyl groups excluding tert-OH is 1. The minimum absolute atomic E-state index is 0.330. The van der Waals surface area contributed by atoms with Crippen LogP contribution in [0.15, 0.2) is 29.2 Å². The van der Waals surface area contributed by atoms with Crippen molar-refractivity contribution in [3.8, 4) is 0 Å². The van der Waals surface area contributed by atoms with Crippen molar-refractivity contribution in [1.82, 2.24) is 9.21 Å². The Balaban J connectivity index is 1.70. The van der Waals surface area contributed by atoms with Gasteiger partial charge in [0, 0.05) is 24.8 Å². The van der Waals surface area contributed by atoms with Crippen molar-refractivity contribution >= 4 is 15.7 Å². The number of aliphatic hydroxyl groups is 1. The number of benzene rings is 1. The van der Waals surface area contributed by atoms with Crippen LogP contribution in [-0.2, 0) is 10.0 Å². The van der Waals surface area contributed by atoms with E-state index in [-0.39, 0.29) is 6.10 Å². The quantitative estimate of drug-likeness (QED) is 0.855. The minimum atomic E-state index is -3.48. The standard InChI is InChI=1S/C17H27N3O3S/c1-19-9-5-14(6-10-19)18-15-3-2-4-17(13-15)24(22,23)20-11-7-16(21)8-12-20/h2-4,13-14,16,18,21H,5-12H2,1H3. The van der Waals surface area contributed by atoms with Crippen LogP contribution in [-0.4, -0.2) is 68.1 Å². The van der Waals surface area contributed by atoms with Gasteiger partial charge in [-0.05, 0) is 64.0 Å². The van der Waals surface area contributed by atoms with Gasteiger partial charge >= 0.3 is 0 Å². The monoisotopic (exact) mass is 353 g/mol. The lowest BCUT2D eigenvalue weighted by molar-refractivity contribution is 0.113. The summed E-state index contributed by atoms with van der Waals surface area (Å²) in [6.07, 6.45) is 2.77. The van der Waals surface area contributed by atoms with E-state index in [4.69, 9.17) is 0 Å². The highest BCUT2D eigenvalue weighted by molar-refractivity contribution is 7.89. The molecule has 24 heavy (non-hydrogen) atoms. The Kier molecular flexibility index (Phi) is 5.44. The fourth-order valence-electron chi connectivity index (χ4n) is 3.37. The van der Waals surface area contributed by atoms with Crippen LogP contribution in [0.25, 0.3) is 0 Å². The fourth-order valence-corrected chi connectivity index (χ4v) is 4.88. The smallest absolute Gasteiger partial charge is 0.243 e. The van der Waals surface area contributed by atoms with Crippen LogP contribution < -0.4 is 5.32 Å². The lowest BCUT2D eigenvalue weighted by atomic mass is 10.1. The Morgan fingerprint density at radius 1 is 1.08 bits per heavy atom. The molecule has 0 atom stereocenters. The molecule has 134 valence electrons. The number of piperidine rings is 2. The van der Waals surface area contributed by atoms with E-state index in [0.29, 0.717) is 36.9 Å². The van der Waals surface area contributed by atoms with Gasteiger partial charge in [0.15, 0.2) is 0 Å². The van der Waals surface area contributed by atoms with E-state index in [2.05, 4.69) is 17.3 Å². The molecule has 0 bridgehead atoms. The van der Waals surface area contributed by atoms with Gasteiger partial charge in [-0.3, -0.25) is 0 Å². The van der Waals surface area contributed by atoms with Gasteiger partial charge in [-0.25, -0.2) is 8.42 Å². The normalized spacial score (nSPS) is 22.6. The zero-order valence-corrected chi connectivity index (χ0v) is 15.0. The van der Waals surface area contributed by atoms with Gasteiger partial charge in [-0.15, -0.1) is 0 Å². The van der Waals surface area contributed by atoms with Crippen LogP contribution in [0.2, 0.25) is 0 Å². The number of hydrogen-bond acceptors (Lipinski definition) is 5. The number of hydrogen-bond donors (Lipinski definition) is 2. The summed E-state index contributed by atoms with van der Waals surface area (Å²) in [7, 11) is -1.36. The zero-order chi connectivity index (χ0) is 17.2. The molecular formula is C17H27N3O3S. The zero-order valence-electron chi connectivity index (χ0n) is 14.2. The second-order valence-electron chi connectivity index (χ2n) is 6.88. The topological polar surface area (TPSA) is 72.9 Å². The molecular weight excluding hydrogens is 326 g/mol. The summed E-state index contributed by atoms with van der Waals surface area (Å²) in [5.41, 5.74) is 0.864. The Bertz CT molecular complexity index is 649. The van der Waals surface area contributed by atoms with Crippen molar-refractivity contribution in [1.29, 1.82) is 0 Å². The third-order valence-electron chi connectivity index (χ3n) is 4.98. The molecule has 2 N–H and O–H groups in total. The second kappa shape index (κ2) is 7.39. The first-order valence-electron chi connectivity index (χ1n) is 8.68. The summed E-state index contributed by atoms with van der Waals surface area (Å²) in [5.74, 6) is 0. The molecule has 1 aromatic carbocycles. The van der Waals surface area contributed by atoms with Crippen LogP contribution >= 0.6 is 0 Å². The molecule has 1 aromatic rings. The summed E-state index contributed by atoms with van der Waals surface area (Å²) in [6.45, 7) is 2.89. The predicted molar refractivity (Wildman–Crippen MR) is 94.6 cm³/mol. The summed E-state index contributed by atoms with van der Waals surface area (Å²) in [5, 5.41) is 13.0. The van der Waals surface area contributed by atoms with Gasteiger partial charge in [-0.1, -0.05) is 6.07 Å². The van der Waals surface area contributed by atoms with E-state index in [0.717, 1.165) is 31.6 Å². The van der Waals surface area contributed by atoms with E-state index in [1.807, 2.05) is 6.07 Å². The highest BCUT2D eigenvalue weighted by atomic mass is 32.2. The largest absolute Gasteiger partial charge is 0.393 e.